The van der Waals surface area contributed by atoms with Gasteiger partial charge in [0.15, 0.2) is 0 Å². The van der Waals surface area contributed by atoms with Crippen LogP contribution in [-0.4, -0.2) is 35.1 Å². The maximum absolute atomic E-state index is 13.4. The first-order valence-corrected chi connectivity index (χ1v) is 11.2. The Balaban J connectivity index is 1.51. The van der Waals surface area contributed by atoms with Gasteiger partial charge < -0.3 is 15.2 Å². The first kappa shape index (κ1) is 22.5. The van der Waals surface area contributed by atoms with Crippen molar-refractivity contribution in [2.75, 3.05) is 7.11 Å². The van der Waals surface area contributed by atoms with Crippen molar-refractivity contribution in [1.29, 1.82) is 0 Å². The van der Waals surface area contributed by atoms with Gasteiger partial charge >= 0.3 is 5.97 Å². The number of amides is 1. The summed E-state index contributed by atoms with van der Waals surface area (Å²) in [5.41, 5.74) is 2.92. The lowest BCUT2D eigenvalue weighted by Crippen LogP contribution is -2.50. The molecule has 33 heavy (non-hydrogen) atoms. The van der Waals surface area contributed by atoms with E-state index in [-0.39, 0.29) is 12.3 Å². The molecule has 6 heteroatoms. The summed E-state index contributed by atoms with van der Waals surface area (Å²) in [7, 11) is 1.63. The van der Waals surface area contributed by atoms with Crippen LogP contribution in [0.1, 0.15) is 36.8 Å². The summed E-state index contributed by atoms with van der Waals surface area (Å²) in [6.07, 6.45) is 6.87. The molecule has 4 rings (SSSR count). The van der Waals surface area contributed by atoms with Crippen LogP contribution < -0.4 is 10.1 Å². The molecular weight excluding hydrogens is 416 g/mol. The number of carbonyl (C=O) groups is 2. The van der Waals surface area contributed by atoms with Gasteiger partial charge in [0, 0.05) is 24.4 Å². The van der Waals surface area contributed by atoms with Crippen LogP contribution in [0.25, 0.3) is 11.1 Å². The van der Waals surface area contributed by atoms with Crippen molar-refractivity contribution < 1.29 is 19.4 Å². The molecule has 1 fully saturated rings. The second-order valence-electron chi connectivity index (χ2n) is 8.50. The number of nitrogens with zero attached hydrogens (tertiary/aromatic N) is 1. The van der Waals surface area contributed by atoms with Gasteiger partial charge in [-0.1, -0.05) is 61.4 Å². The summed E-state index contributed by atoms with van der Waals surface area (Å²) in [5.74, 6) is -0.499. The zero-order chi connectivity index (χ0) is 23.3. The van der Waals surface area contributed by atoms with E-state index in [4.69, 9.17) is 4.74 Å². The molecule has 1 aromatic heterocycles. The fourth-order valence-corrected chi connectivity index (χ4v) is 4.71. The average Bonchev–Trinajstić information content (AvgIpc) is 3.36. The van der Waals surface area contributed by atoms with Crippen LogP contribution in [-0.2, 0) is 21.4 Å². The molecule has 6 nitrogen and oxygen atoms in total. The Morgan fingerprint density at radius 3 is 2.42 bits per heavy atom. The number of pyridine rings is 1. The summed E-state index contributed by atoms with van der Waals surface area (Å²) in [6, 6.07) is 18.2. The Morgan fingerprint density at radius 1 is 1.06 bits per heavy atom. The maximum atomic E-state index is 13.4. The number of ether oxygens (including phenoxy) is 1. The van der Waals surface area contributed by atoms with Crippen molar-refractivity contribution in [3.8, 4) is 16.9 Å². The van der Waals surface area contributed by atoms with Crippen LogP contribution in [0.5, 0.6) is 5.75 Å². The quantitative estimate of drug-likeness (QED) is 0.538. The highest BCUT2D eigenvalue weighted by Crippen LogP contribution is 2.41. The van der Waals surface area contributed by atoms with Crippen LogP contribution in [0, 0.1) is 0 Å². The molecule has 0 bridgehead atoms. The summed E-state index contributed by atoms with van der Waals surface area (Å²) in [5, 5.41) is 12.7. The number of hydrogen-bond donors (Lipinski definition) is 2. The highest BCUT2D eigenvalue weighted by molar-refractivity contribution is 5.92. The third kappa shape index (κ3) is 4.75. The number of nitrogens with one attached hydrogen (secondary N) is 1. The van der Waals surface area contributed by atoms with E-state index in [0.29, 0.717) is 12.8 Å². The smallest absolute Gasteiger partial charge is 0.326 e. The third-order valence-corrected chi connectivity index (χ3v) is 6.52. The van der Waals surface area contributed by atoms with Gasteiger partial charge in [-0.25, -0.2) is 4.79 Å². The van der Waals surface area contributed by atoms with Gasteiger partial charge in [0.1, 0.15) is 11.8 Å². The van der Waals surface area contributed by atoms with Crippen LogP contribution in [0.4, 0.5) is 0 Å². The molecule has 0 unspecified atom stereocenters. The zero-order valence-corrected chi connectivity index (χ0v) is 18.7. The van der Waals surface area contributed by atoms with Gasteiger partial charge in [-0.2, -0.15) is 0 Å². The number of aliphatic carboxylic acids is 1. The highest BCUT2D eigenvalue weighted by Gasteiger charge is 2.44. The van der Waals surface area contributed by atoms with Gasteiger partial charge in [-0.05, 0) is 41.7 Å². The minimum absolute atomic E-state index is 0.205. The summed E-state index contributed by atoms with van der Waals surface area (Å²) < 4.78 is 5.43. The van der Waals surface area contributed by atoms with E-state index in [0.717, 1.165) is 40.8 Å². The van der Waals surface area contributed by atoms with E-state index in [9.17, 15) is 14.7 Å². The number of rotatable bonds is 8. The fraction of sp³-hybridized carbons (Fsp3) is 0.296. The molecular formula is C27H28N2O4. The van der Waals surface area contributed by atoms with Crippen LogP contribution in [0.3, 0.4) is 0 Å². The second-order valence-corrected chi connectivity index (χ2v) is 8.50. The standard InChI is InChI=1S/C27H28N2O4/c1-33-24-9-3-2-8-22(24)20-12-10-19(11-13-20)17-23(25(30)31)29-26(32)27(14-4-5-15-27)21-7-6-16-28-18-21/h2-3,6-13,16,18,23H,4-5,14-15,17H2,1H3,(H,29,32)(H,30,31)/t23-/m0/s1. The van der Waals surface area contributed by atoms with Crippen molar-refractivity contribution in [3.05, 3.63) is 84.2 Å². The van der Waals surface area contributed by atoms with Gasteiger partial charge in [0.05, 0.1) is 12.5 Å². The molecule has 0 spiro atoms. The highest BCUT2D eigenvalue weighted by atomic mass is 16.5. The summed E-state index contributed by atoms with van der Waals surface area (Å²) >= 11 is 0. The number of aromatic nitrogens is 1. The molecule has 1 aliphatic rings. The lowest BCUT2D eigenvalue weighted by atomic mass is 9.78. The SMILES string of the molecule is COc1ccccc1-c1ccc(C[C@H](NC(=O)C2(c3cccnc3)CCCC2)C(=O)O)cc1. The Kier molecular flexibility index (Phi) is 6.73. The summed E-state index contributed by atoms with van der Waals surface area (Å²) in [6.45, 7) is 0. The minimum atomic E-state index is -1.04. The monoisotopic (exact) mass is 444 g/mol. The van der Waals surface area contributed by atoms with E-state index < -0.39 is 17.4 Å². The molecule has 1 atom stereocenters. The lowest BCUT2D eigenvalue weighted by molar-refractivity contribution is -0.142. The molecule has 2 aromatic carbocycles. The first-order chi connectivity index (χ1) is 16.0. The summed E-state index contributed by atoms with van der Waals surface area (Å²) in [4.78, 5) is 29.6. The van der Waals surface area contributed by atoms with E-state index in [2.05, 4.69) is 10.3 Å². The van der Waals surface area contributed by atoms with Crippen molar-refractivity contribution in [2.24, 2.45) is 0 Å². The number of carboxylic acid groups (broad SMARTS) is 1. The zero-order valence-electron chi connectivity index (χ0n) is 18.7. The lowest BCUT2D eigenvalue weighted by Gasteiger charge is -2.29. The van der Waals surface area contributed by atoms with E-state index in [1.54, 1.807) is 19.5 Å². The topological polar surface area (TPSA) is 88.5 Å². The number of hydrogen-bond acceptors (Lipinski definition) is 4. The molecule has 0 saturated heterocycles. The van der Waals surface area contributed by atoms with Crippen LogP contribution >= 0.6 is 0 Å². The van der Waals surface area contributed by atoms with Gasteiger partial charge in [-0.15, -0.1) is 0 Å². The average molecular weight is 445 g/mol. The van der Waals surface area contributed by atoms with E-state index in [1.807, 2.05) is 60.7 Å². The Labute approximate surface area is 193 Å². The molecule has 0 aliphatic heterocycles. The molecule has 3 aromatic rings. The number of para-hydroxylation sites is 1. The second kappa shape index (κ2) is 9.86. The largest absolute Gasteiger partial charge is 0.496 e. The van der Waals surface area contributed by atoms with Crippen molar-refractivity contribution in [2.45, 2.75) is 43.6 Å². The number of carboxylic acids is 1. The van der Waals surface area contributed by atoms with Crippen molar-refractivity contribution in [3.63, 3.8) is 0 Å². The van der Waals surface area contributed by atoms with Crippen molar-refractivity contribution in [1.82, 2.24) is 10.3 Å². The van der Waals surface area contributed by atoms with E-state index >= 15 is 0 Å². The van der Waals surface area contributed by atoms with Gasteiger partial charge in [0.2, 0.25) is 5.91 Å². The predicted molar refractivity (Wildman–Crippen MR) is 126 cm³/mol. The molecule has 170 valence electrons. The number of carbonyl (C=O) groups excluding carboxylic acids is 1. The Hall–Kier alpha value is -3.67. The normalized spacial score (nSPS) is 15.5. The van der Waals surface area contributed by atoms with Gasteiger partial charge in [-0.3, -0.25) is 9.78 Å². The molecule has 1 aliphatic carbocycles. The predicted octanol–water partition coefficient (Wildman–Crippen LogP) is 4.38. The Bertz CT molecular complexity index is 1110. The molecule has 1 amide bonds. The van der Waals surface area contributed by atoms with Crippen LogP contribution in [0.15, 0.2) is 73.1 Å². The number of methoxy groups -OCH3 is 1. The maximum Gasteiger partial charge on any atom is 0.326 e. The minimum Gasteiger partial charge on any atom is -0.496 e. The number of benzene rings is 2. The van der Waals surface area contributed by atoms with Crippen LogP contribution in [0.2, 0.25) is 0 Å². The molecule has 1 saturated carbocycles. The Morgan fingerprint density at radius 2 is 1.79 bits per heavy atom. The fourth-order valence-electron chi connectivity index (χ4n) is 4.71. The molecule has 1 heterocycles. The van der Waals surface area contributed by atoms with Gasteiger partial charge in [0.25, 0.3) is 0 Å². The molecule has 2 N–H and O–H groups in total. The third-order valence-electron chi connectivity index (χ3n) is 6.52. The van der Waals surface area contributed by atoms with E-state index in [1.165, 1.54) is 0 Å². The molecule has 0 radical (unpaired) electrons. The van der Waals surface area contributed by atoms with Crippen molar-refractivity contribution >= 4 is 11.9 Å². The first-order valence-electron chi connectivity index (χ1n) is 11.2.